The number of rotatable bonds is 7. The number of aliphatic hydroxyl groups excluding tert-OH is 1. The summed E-state index contributed by atoms with van der Waals surface area (Å²) >= 11 is 0. The zero-order valence-electron chi connectivity index (χ0n) is 19.8. The first kappa shape index (κ1) is 22.4. The molecule has 0 aliphatic heterocycles. The van der Waals surface area contributed by atoms with Crippen molar-refractivity contribution in [1.29, 1.82) is 0 Å². The quantitative estimate of drug-likeness (QED) is 0.599. The van der Waals surface area contributed by atoms with Crippen molar-refractivity contribution in [3.63, 3.8) is 0 Å². The summed E-state index contributed by atoms with van der Waals surface area (Å²) in [6, 6.07) is 5.35. The van der Waals surface area contributed by atoms with E-state index in [9.17, 15) is 14.7 Å². The van der Waals surface area contributed by atoms with E-state index < -0.39 is 5.54 Å². The predicted molar refractivity (Wildman–Crippen MR) is 126 cm³/mol. The molecule has 0 aromatic carbocycles. The standard InChI is InChI=1S/C26H36N4O3/c1-25(2)18-9-8-17(19(25)14-18)10-13-27-24(33)21-6-5-7-22-28-20(15-30(21)22)23(32)29-26(16-31)11-3-4-12-26/h5-7,15,17-19,31H,3-4,8-14,16H2,1-2H3,(H,27,33)(H,29,32)/t17-,18+,19+/m1/s1. The molecule has 4 aliphatic carbocycles. The molecule has 178 valence electrons. The van der Waals surface area contributed by atoms with Gasteiger partial charge in [0.05, 0.1) is 12.1 Å². The number of fused-ring (bicyclic) bond motifs is 3. The zero-order chi connectivity index (χ0) is 23.2. The van der Waals surface area contributed by atoms with Crippen molar-refractivity contribution in [2.24, 2.45) is 23.2 Å². The molecule has 7 nitrogen and oxygen atoms in total. The van der Waals surface area contributed by atoms with Gasteiger partial charge in [-0.15, -0.1) is 0 Å². The van der Waals surface area contributed by atoms with Crippen molar-refractivity contribution in [3.8, 4) is 0 Å². The zero-order valence-corrected chi connectivity index (χ0v) is 19.8. The third-order valence-electron chi connectivity index (χ3n) is 9.00. The van der Waals surface area contributed by atoms with E-state index in [0.29, 0.717) is 29.2 Å². The first-order chi connectivity index (χ1) is 15.8. The van der Waals surface area contributed by atoms with E-state index in [-0.39, 0.29) is 24.1 Å². The van der Waals surface area contributed by atoms with Crippen LogP contribution in [-0.2, 0) is 0 Å². The van der Waals surface area contributed by atoms with Crippen LogP contribution in [0, 0.1) is 23.2 Å². The van der Waals surface area contributed by atoms with Crippen LogP contribution in [0.15, 0.2) is 24.4 Å². The maximum Gasteiger partial charge on any atom is 0.272 e. The fraction of sp³-hybridized carbons (Fsp3) is 0.654. The number of nitrogens with one attached hydrogen (secondary N) is 2. The summed E-state index contributed by atoms with van der Waals surface area (Å²) in [5, 5.41) is 15.9. The van der Waals surface area contributed by atoms with E-state index in [1.54, 1.807) is 28.8 Å². The smallest absolute Gasteiger partial charge is 0.272 e. The molecular formula is C26H36N4O3. The first-order valence-electron chi connectivity index (χ1n) is 12.5. The Morgan fingerprint density at radius 1 is 1.18 bits per heavy atom. The number of imidazole rings is 1. The summed E-state index contributed by atoms with van der Waals surface area (Å²) in [5.74, 6) is 1.92. The molecule has 2 amide bonds. The third kappa shape index (κ3) is 3.94. The van der Waals surface area contributed by atoms with Crippen LogP contribution in [0.2, 0.25) is 0 Å². The molecule has 4 fully saturated rings. The monoisotopic (exact) mass is 452 g/mol. The second-order valence-corrected chi connectivity index (χ2v) is 11.1. The molecule has 0 spiro atoms. The van der Waals surface area contributed by atoms with Crippen LogP contribution in [-0.4, -0.2) is 45.0 Å². The Hall–Kier alpha value is -2.41. The van der Waals surface area contributed by atoms with Crippen molar-refractivity contribution in [2.75, 3.05) is 13.2 Å². The minimum Gasteiger partial charge on any atom is -0.394 e. The van der Waals surface area contributed by atoms with Gasteiger partial charge >= 0.3 is 0 Å². The van der Waals surface area contributed by atoms with E-state index in [0.717, 1.165) is 43.9 Å². The molecule has 7 heteroatoms. The number of hydrogen-bond acceptors (Lipinski definition) is 4. The minimum absolute atomic E-state index is 0.0700. The van der Waals surface area contributed by atoms with Gasteiger partial charge in [0, 0.05) is 12.7 Å². The van der Waals surface area contributed by atoms with Crippen LogP contribution in [0.5, 0.6) is 0 Å². The topological polar surface area (TPSA) is 95.7 Å². The molecule has 0 radical (unpaired) electrons. The molecule has 33 heavy (non-hydrogen) atoms. The van der Waals surface area contributed by atoms with Crippen molar-refractivity contribution in [3.05, 3.63) is 35.8 Å². The van der Waals surface area contributed by atoms with Crippen molar-refractivity contribution < 1.29 is 14.7 Å². The molecular weight excluding hydrogens is 416 g/mol. The highest BCUT2D eigenvalue weighted by Crippen LogP contribution is 2.61. The van der Waals surface area contributed by atoms with Gasteiger partial charge in [0.15, 0.2) is 0 Å². The Bertz CT molecular complexity index is 1050. The Morgan fingerprint density at radius 2 is 1.97 bits per heavy atom. The predicted octanol–water partition coefficient (Wildman–Crippen LogP) is 3.56. The van der Waals surface area contributed by atoms with Gasteiger partial charge in [0.1, 0.15) is 17.0 Å². The number of amides is 2. The van der Waals surface area contributed by atoms with Crippen molar-refractivity contribution in [1.82, 2.24) is 20.0 Å². The van der Waals surface area contributed by atoms with E-state index in [1.165, 1.54) is 19.3 Å². The average Bonchev–Trinajstić information content (AvgIpc) is 3.46. The second-order valence-electron chi connectivity index (χ2n) is 11.1. The number of carbonyl (C=O) groups is 2. The molecule has 2 heterocycles. The molecule has 3 N–H and O–H groups in total. The van der Waals surface area contributed by atoms with Gasteiger partial charge in [0.25, 0.3) is 11.8 Å². The van der Waals surface area contributed by atoms with E-state index in [4.69, 9.17) is 0 Å². The van der Waals surface area contributed by atoms with Crippen LogP contribution in [0.3, 0.4) is 0 Å². The van der Waals surface area contributed by atoms with Gasteiger partial charge in [-0.1, -0.05) is 32.8 Å². The molecule has 0 saturated heterocycles. The van der Waals surface area contributed by atoms with Crippen LogP contribution in [0.25, 0.3) is 5.65 Å². The van der Waals surface area contributed by atoms with Crippen LogP contribution < -0.4 is 10.6 Å². The largest absolute Gasteiger partial charge is 0.394 e. The van der Waals surface area contributed by atoms with Gasteiger partial charge in [-0.25, -0.2) is 4.98 Å². The van der Waals surface area contributed by atoms with Gasteiger partial charge in [0.2, 0.25) is 0 Å². The lowest BCUT2D eigenvalue weighted by atomic mass is 9.45. The van der Waals surface area contributed by atoms with Crippen LogP contribution in [0.4, 0.5) is 0 Å². The molecule has 3 atom stereocenters. The number of nitrogens with zero attached hydrogens (tertiary/aromatic N) is 2. The average molecular weight is 453 g/mol. The summed E-state index contributed by atoms with van der Waals surface area (Å²) in [6.45, 7) is 5.40. The highest BCUT2D eigenvalue weighted by atomic mass is 16.3. The number of aliphatic hydroxyl groups is 1. The lowest BCUT2D eigenvalue weighted by Crippen LogP contribution is -2.52. The SMILES string of the molecule is CC1(C)[C@H]2CC[C@H](CCNC(=O)c3cccc4nc(C(=O)NC5(CO)CCCC5)cn34)[C@@H]1C2. The summed E-state index contributed by atoms with van der Waals surface area (Å²) in [5.41, 5.74) is 1.20. The highest BCUT2D eigenvalue weighted by molar-refractivity contribution is 5.95. The molecule has 0 unspecified atom stereocenters. The maximum absolute atomic E-state index is 13.0. The van der Waals surface area contributed by atoms with E-state index >= 15 is 0 Å². The summed E-state index contributed by atoms with van der Waals surface area (Å²) < 4.78 is 1.69. The fourth-order valence-electron chi connectivity index (χ4n) is 6.75. The van der Waals surface area contributed by atoms with E-state index in [2.05, 4.69) is 29.5 Å². The second kappa shape index (κ2) is 8.42. The Labute approximate surface area is 195 Å². The van der Waals surface area contributed by atoms with Crippen molar-refractivity contribution >= 4 is 17.5 Å². The molecule has 6 rings (SSSR count). The number of pyridine rings is 1. The van der Waals surface area contributed by atoms with Gasteiger partial charge < -0.3 is 15.7 Å². The third-order valence-corrected chi connectivity index (χ3v) is 9.00. The summed E-state index contributed by atoms with van der Waals surface area (Å²) in [7, 11) is 0. The highest BCUT2D eigenvalue weighted by Gasteiger charge is 2.53. The number of carbonyl (C=O) groups excluding carboxylic acids is 2. The number of aromatic nitrogens is 2. The maximum atomic E-state index is 13.0. The van der Waals surface area contributed by atoms with Crippen LogP contribution in [0.1, 0.15) is 86.2 Å². The lowest BCUT2D eigenvalue weighted by Gasteiger charge is -2.60. The number of hydrogen-bond donors (Lipinski definition) is 3. The Morgan fingerprint density at radius 3 is 2.67 bits per heavy atom. The van der Waals surface area contributed by atoms with Crippen LogP contribution >= 0.6 is 0 Å². The minimum atomic E-state index is -0.554. The molecule has 2 aromatic heterocycles. The van der Waals surface area contributed by atoms with Gasteiger partial charge in [-0.05, 0) is 73.8 Å². The molecule has 4 aliphatic rings. The normalized spacial score (nSPS) is 27.2. The summed E-state index contributed by atoms with van der Waals surface area (Å²) in [4.78, 5) is 30.3. The molecule has 2 aromatic rings. The Kier molecular flexibility index (Phi) is 5.71. The Balaban J connectivity index is 1.24. The van der Waals surface area contributed by atoms with Gasteiger partial charge in [-0.3, -0.25) is 14.0 Å². The molecule has 2 bridgehead atoms. The van der Waals surface area contributed by atoms with Gasteiger partial charge in [-0.2, -0.15) is 0 Å². The molecule has 4 saturated carbocycles. The lowest BCUT2D eigenvalue weighted by molar-refractivity contribution is -0.106. The summed E-state index contributed by atoms with van der Waals surface area (Å²) in [6.07, 6.45) is 10.1. The van der Waals surface area contributed by atoms with E-state index in [1.807, 2.05) is 0 Å². The fourth-order valence-corrected chi connectivity index (χ4v) is 6.75. The van der Waals surface area contributed by atoms with Crippen molar-refractivity contribution in [2.45, 2.75) is 70.8 Å². The first-order valence-corrected chi connectivity index (χ1v) is 12.5.